The molecule has 0 aliphatic carbocycles. The number of nitrogens with one attached hydrogen (secondary N) is 2. The molecule has 0 fully saturated rings. The third kappa shape index (κ3) is 7.03. The van der Waals surface area contributed by atoms with Crippen molar-refractivity contribution in [1.82, 2.24) is 20.1 Å². The molecule has 196 valence electrons. The lowest BCUT2D eigenvalue weighted by Crippen LogP contribution is -2.33. The highest BCUT2D eigenvalue weighted by Gasteiger charge is 2.26. The van der Waals surface area contributed by atoms with Gasteiger partial charge in [0.15, 0.2) is 11.0 Å². The van der Waals surface area contributed by atoms with Crippen molar-refractivity contribution in [2.24, 2.45) is 5.92 Å². The number of hydrogen-bond acceptors (Lipinski definition) is 7. The van der Waals surface area contributed by atoms with Crippen molar-refractivity contribution in [2.45, 2.75) is 38.5 Å². The van der Waals surface area contributed by atoms with Gasteiger partial charge in [-0.3, -0.25) is 9.59 Å². The zero-order valence-corrected chi connectivity index (χ0v) is 23.1. The van der Waals surface area contributed by atoms with Crippen LogP contribution in [0.4, 0.5) is 5.69 Å². The van der Waals surface area contributed by atoms with Crippen molar-refractivity contribution in [3.05, 3.63) is 69.5 Å². The molecule has 1 heterocycles. The average Bonchev–Trinajstić information content (AvgIpc) is 3.29. The number of amides is 2. The Labute approximate surface area is 229 Å². The van der Waals surface area contributed by atoms with Gasteiger partial charge in [0.25, 0.3) is 5.91 Å². The van der Waals surface area contributed by atoms with Crippen LogP contribution in [0.3, 0.4) is 0 Å². The fourth-order valence-corrected chi connectivity index (χ4v) is 4.63. The zero-order chi connectivity index (χ0) is 27.1. The molecule has 1 aromatic heterocycles. The predicted octanol–water partition coefficient (Wildman–Crippen LogP) is 5.25. The highest BCUT2D eigenvalue weighted by atomic mass is 35.5. The number of nitrogens with zero attached hydrogens (tertiary/aromatic N) is 3. The number of rotatable bonds is 10. The van der Waals surface area contributed by atoms with E-state index in [0.29, 0.717) is 38.8 Å². The number of para-hydroxylation sites is 1. The quantitative estimate of drug-likeness (QED) is 0.255. The van der Waals surface area contributed by atoms with Crippen LogP contribution < -0.4 is 10.6 Å². The number of hydrogen-bond donors (Lipinski definition) is 2. The Kier molecular flexibility index (Phi) is 9.96. The molecule has 12 heteroatoms. The lowest BCUT2D eigenvalue weighted by molar-refractivity contribution is -0.113. The molecule has 3 aromatic rings. The van der Waals surface area contributed by atoms with E-state index in [9.17, 15) is 14.4 Å². The van der Waals surface area contributed by atoms with Gasteiger partial charge < -0.3 is 19.9 Å². The third-order valence-corrected chi connectivity index (χ3v) is 7.12. The number of carbonyl (C=O) groups is 3. The molecule has 9 nitrogen and oxygen atoms in total. The molecule has 1 atom stereocenters. The standard InChI is InChI=1S/C25H27Cl2N5O4S/c1-5-32-22(21(14(2)3)29-23(34)15-10-11-17(26)18(27)12-15)30-31-25(32)37-13-20(33)28-19-9-7-6-8-16(19)24(35)36-4/h6-12,14,21H,5,13H2,1-4H3,(H,28,33)(H,29,34)/t21-/m1/s1. The first kappa shape index (κ1) is 28.5. The molecular formula is C25H27Cl2N5O4S. The van der Waals surface area contributed by atoms with Crippen LogP contribution in [0.15, 0.2) is 47.6 Å². The molecule has 0 bridgehead atoms. The second-order valence-corrected chi connectivity index (χ2v) is 10.0. The Morgan fingerprint density at radius 3 is 2.46 bits per heavy atom. The predicted molar refractivity (Wildman–Crippen MR) is 144 cm³/mol. The molecule has 0 aliphatic heterocycles. The summed E-state index contributed by atoms with van der Waals surface area (Å²) >= 11 is 13.2. The Morgan fingerprint density at radius 2 is 1.81 bits per heavy atom. The average molecular weight is 564 g/mol. The van der Waals surface area contributed by atoms with Crippen molar-refractivity contribution in [1.29, 1.82) is 0 Å². The maximum atomic E-state index is 12.9. The molecule has 37 heavy (non-hydrogen) atoms. The summed E-state index contributed by atoms with van der Waals surface area (Å²) in [7, 11) is 1.28. The summed E-state index contributed by atoms with van der Waals surface area (Å²) < 4.78 is 6.63. The van der Waals surface area contributed by atoms with Crippen LogP contribution in [0.25, 0.3) is 0 Å². The van der Waals surface area contributed by atoms with Crippen molar-refractivity contribution in [2.75, 3.05) is 18.2 Å². The first-order valence-electron chi connectivity index (χ1n) is 11.4. The van der Waals surface area contributed by atoms with Gasteiger partial charge in [-0.15, -0.1) is 10.2 Å². The maximum absolute atomic E-state index is 12.9. The first-order chi connectivity index (χ1) is 17.7. The van der Waals surface area contributed by atoms with Gasteiger partial charge in [0.1, 0.15) is 0 Å². The number of benzene rings is 2. The fraction of sp³-hybridized carbons (Fsp3) is 0.320. The van der Waals surface area contributed by atoms with Gasteiger partial charge in [-0.25, -0.2) is 4.79 Å². The molecule has 2 N–H and O–H groups in total. The molecule has 0 saturated heterocycles. The highest BCUT2D eigenvalue weighted by Crippen LogP contribution is 2.27. The summed E-state index contributed by atoms with van der Waals surface area (Å²) in [5.41, 5.74) is 1.00. The number of ether oxygens (including phenoxy) is 1. The number of halogens is 2. The van der Waals surface area contributed by atoms with E-state index in [-0.39, 0.29) is 29.0 Å². The lowest BCUT2D eigenvalue weighted by atomic mass is 10.0. The molecule has 0 saturated carbocycles. The number of thioether (sulfide) groups is 1. The van der Waals surface area contributed by atoms with Gasteiger partial charge in [0, 0.05) is 12.1 Å². The van der Waals surface area contributed by atoms with Gasteiger partial charge >= 0.3 is 5.97 Å². The van der Waals surface area contributed by atoms with E-state index in [0.717, 1.165) is 0 Å². The number of anilines is 1. The summed E-state index contributed by atoms with van der Waals surface area (Å²) in [6, 6.07) is 10.9. The lowest BCUT2D eigenvalue weighted by Gasteiger charge is -2.22. The SMILES string of the molecule is CCn1c(SCC(=O)Nc2ccccc2C(=O)OC)nnc1[C@H](NC(=O)c1ccc(Cl)c(Cl)c1)C(C)C. The van der Waals surface area contributed by atoms with Gasteiger partial charge in [-0.05, 0) is 43.2 Å². The van der Waals surface area contributed by atoms with Gasteiger partial charge in [0.05, 0.1) is 40.2 Å². The van der Waals surface area contributed by atoms with Gasteiger partial charge in [-0.1, -0.05) is 60.9 Å². The number of aromatic nitrogens is 3. The summed E-state index contributed by atoms with van der Waals surface area (Å²) in [6.07, 6.45) is 0. The second kappa shape index (κ2) is 12.9. The zero-order valence-electron chi connectivity index (χ0n) is 20.7. The Morgan fingerprint density at radius 1 is 1.08 bits per heavy atom. The van der Waals surface area contributed by atoms with Crippen molar-refractivity contribution in [3.63, 3.8) is 0 Å². The van der Waals surface area contributed by atoms with Crippen molar-refractivity contribution >= 4 is 58.4 Å². The van der Waals surface area contributed by atoms with E-state index in [1.807, 2.05) is 25.3 Å². The largest absolute Gasteiger partial charge is 0.465 e. The summed E-state index contributed by atoms with van der Waals surface area (Å²) in [5, 5.41) is 15.5. The van der Waals surface area contributed by atoms with Crippen LogP contribution in [0.2, 0.25) is 10.0 Å². The minimum Gasteiger partial charge on any atom is -0.465 e. The van der Waals surface area contributed by atoms with E-state index in [1.54, 1.807) is 36.4 Å². The van der Waals surface area contributed by atoms with Crippen LogP contribution in [0.5, 0.6) is 0 Å². The Balaban J connectivity index is 1.73. The molecule has 3 rings (SSSR count). The van der Waals surface area contributed by atoms with E-state index in [1.165, 1.54) is 24.9 Å². The smallest absolute Gasteiger partial charge is 0.339 e. The Hall–Kier alpha value is -3.08. The highest BCUT2D eigenvalue weighted by molar-refractivity contribution is 7.99. The Bertz CT molecular complexity index is 1300. The number of methoxy groups -OCH3 is 1. The summed E-state index contributed by atoms with van der Waals surface area (Å²) in [5.74, 6) is -0.568. The first-order valence-corrected chi connectivity index (χ1v) is 13.2. The van der Waals surface area contributed by atoms with Crippen LogP contribution in [0.1, 0.15) is 53.4 Å². The van der Waals surface area contributed by atoms with E-state index in [2.05, 4.69) is 20.8 Å². The molecule has 0 unspecified atom stereocenters. The molecular weight excluding hydrogens is 537 g/mol. The molecule has 0 spiro atoms. The van der Waals surface area contributed by atoms with E-state index in [4.69, 9.17) is 27.9 Å². The topological polar surface area (TPSA) is 115 Å². The van der Waals surface area contributed by atoms with Crippen LogP contribution in [-0.4, -0.2) is 45.4 Å². The molecule has 2 aromatic carbocycles. The minimum atomic E-state index is -0.540. The summed E-state index contributed by atoms with van der Waals surface area (Å²) in [6.45, 7) is 6.39. The second-order valence-electron chi connectivity index (χ2n) is 8.28. The van der Waals surface area contributed by atoms with Crippen LogP contribution in [-0.2, 0) is 16.1 Å². The third-order valence-electron chi connectivity index (χ3n) is 5.41. The van der Waals surface area contributed by atoms with Gasteiger partial charge in [0.2, 0.25) is 5.91 Å². The van der Waals surface area contributed by atoms with Crippen LogP contribution >= 0.6 is 35.0 Å². The van der Waals surface area contributed by atoms with E-state index < -0.39 is 12.0 Å². The van der Waals surface area contributed by atoms with Crippen molar-refractivity contribution < 1.29 is 19.1 Å². The normalized spacial score (nSPS) is 11.8. The van der Waals surface area contributed by atoms with Gasteiger partial charge in [-0.2, -0.15) is 0 Å². The number of esters is 1. The molecule has 0 aliphatic rings. The summed E-state index contributed by atoms with van der Waals surface area (Å²) in [4.78, 5) is 37.5. The van der Waals surface area contributed by atoms with E-state index >= 15 is 0 Å². The monoisotopic (exact) mass is 563 g/mol. The minimum absolute atomic E-state index is 0.00260. The maximum Gasteiger partial charge on any atom is 0.339 e. The van der Waals surface area contributed by atoms with Crippen molar-refractivity contribution in [3.8, 4) is 0 Å². The van der Waals surface area contributed by atoms with Crippen LogP contribution in [0, 0.1) is 5.92 Å². The number of carbonyl (C=O) groups excluding carboxylic acids is 3. The fourth-order valence-electron chi connectivity index (χ4n) is 3.52. The molecule has 2 amide bonds. The molecule has 0 radical (unpaired) electrons.